The molecule has 0 bridgehead atoms. The second-order valence-corrected chi connectivity index (χ2v) is 12.0. The van der Waals surface area contributed by atoms with Gasteiger partial charge in [-0.1, -0.05) is 34.6 Å². The van der Waals surface area contributed by atoms with Crippen molar-refractivity contribution in [2.75, 3.05) is 13.7 Å². The molecule has 3 heterocycles. The third-order valence-corrected chi connectivity index (χ3v) is 8.01. The number of pyridine rings is 1. The van der Waals surface area contributed by atoms with Gasteiger partial charge in [-0.05, 0) is 34.8 Å². The number of nitrogens with one attached hydrogen (secondary N) is 2. The molecule has 5 atom stereocenters. The summed E-state index contributed by atoms with van der Waals surface area (Å²) in [5.74, 6) is -4.00. The number of nitriles is 1. The first-order valence-corrected chi connectivity index (χ1v) is 12.9. The van der Waals surface area contributed by atoms with Crippen LogP contribution in [-0.2, 0) is 14.4 Å². The van der Waals surface area contributed by atoms with Crippen LogP contribution in [0.15, 0.2) is 29.2 Å². The number of rotatable bonds is 6. The number of halogens is 3. The van der Waals surface area contributed by atoms with Crippen molar-refractivity contribution < 1.29 is 32.3 Å². The lowest BCUT2D eigenvalue weighted by Crippen LogP contribution is -2.60. The molecule has 2 N–H and O–H groups in total. The third-order valence-electron chi connectivity index (χ3n) is 8.01. The van der Waals surface area contributed by atoms with Crippen LogP contribution >= 0.6 is 0 Å². The summed E-state index contributed by atoms with van der Waals surface area (Å²) >= 11 is 0. The summed E-state index contributed by atoms with van der Waals surface area (Å²) in [6.45, 7) is 8.44. The molecule has 11 nitrogen and oxygen atoms in total. The predicted molar refractivity (Wildman–Crippen MR) is 138 cm³/mol. The first-order chi connectivity index (χ1) is 18.9. The average molecular weight is 577 g/mol. The fourth-order valence-corrected chi connectivity index (χ4v) is 5.67. The largest absolute Gasteiger partial charge is 0.493 e. The quantitative estimate of drug-likeness (QED) is 0.535. The van der Waals surface area contributed by atoms with Crippen LogP contribution in [0.1, 0.15) is 46.4 Å². The van der Waals surface area contributed by atoms with Crippen LogP contribution in [-0.4, -0.2) is 63.9 Å². The maximum atomic E-state index is 13.7. The number of hydrogen-bond donors (Lipinski definition) is 2. The summed E-state index contributed by atoms with van der Waals surface area (Å²) in [5, 5.41) is 14.3. The normalized spacial score (nSPS) is 22.7. The van der Waals surface area contributed by atoms with E-state index in [0.29, 0.717) is 0 Å². The molecule has 1 saturated heterocycles. The van der Waals surface area contributed by atoms with Gasteiger partial charge in [0.25, 0.3) is 5.56 Å². The molecule has 41 heavy (non-hydrogen) atoms. The van der Waals surface area contributed by atoms with Gasteiger partial charge in [-0.15, -0.1) is 0 Å². The van der Waals surface area contributed by atoms with Gasteiger partial charge >= 0.3 is 12.1 Å². The highest BCUT2D eigenvalue weighted by Gasteiger charge is 2.70. The summed E-state index contributed by atoms with van der Waals surface area (Å²) in [6, 6.07) is 2.10. The van der Waals surface area contributed by atoms with Crippen molar-refractivity contribution in [2.24, 2.45) is 22.7 Å². The number of methoxy groups -OCH3 is 1. The SMILES string of the molecule is COc1cccn2c(=O)cc(C(C#N)NC(=O)[C@@H]3[C@@H]4[C@H](CN3C(=O)C(NC(=O)C(F)(F)F)C(C)(C)C)C4(C)C)nc12. The molecule has 2 aromatic heterocycles. The lowest BCUT2D eigenvalue weighted by atomic mass is 9.85. The van der Waals surface area contributed by atoms with Crippen LogP contribution in [0.5, 0.6) is 5.75 Å². The highest BCUT2D eigenvalue weighted by Crippen LogP contribution is 2.65. The summed E-state index contributed by atoms with van der Waals surface area (Å²) in [6.07, 6.45) is -3.73. The van der Waals surface area contributed by atoms with Crippen LogP contribution in [0.4, 0.5) is 13.2 Å². The zero-order chi connectivity index (χ0) is 30.7. The van der Waals surface area contributed by atoms with E-state index in [4.69, 9.17) is 4.74 Å². The van der Waals surface area contributed by atoms with Crippen molar-refractivity contribution >= 4 is 23.4 Å². The minimum absolute atomic E-state index is 0.0529. The molecule has 4 rings (SSSR count). The summed E-state index contributed by atoms with van der Waals surface area (Å²) in [7, 11) is 1.39. The number of likely N-dealkylation sites (tertiary alicyclic amines) is 1. The summed E-state index contributed by atoms with van der Waals surface area (Å²) in [5.41, 5.74) is -1.91. The van der Waals surface area contributed by atoms with E-state index in [1.807, 2.05) is 19.9 Å². The van der Waals surface area contributed by atoms with Gasteiger partial charge < -0.3 is 20.3 Å². The van der Waals surface area contributed by atoms with Gasteiger partial charge in [0.2, 0.25) is 11.8 Å². The van der Waals surface area contributed by atoms with Crippen LogP contribution in [0.3, 0.4) is 0 Å². The Morgan fingerprint density at radius 2 is 1.88 bits per heavy atom. The standard InChI is InChI=1S/C27H31F3N6O5/c1-25(2,3)20(34-24(40)27(28,29)30)23(39)36-12-13-18(26(13,4)5)19(36)22(38)33-15(11-31)14-10-17(37)35-9-7-8-16(41-6)21(35)32-14/h7-10,13,15,18-20H,12H2,1-6H3,(H,33,38)(H,34,40)/t13-,15?,18-,19-,20?/m0/s1. The molecule has 2 aromatic rings. The molecular formula is C27H31F3N6O5. The zero-order valence-electron chi connectivity index (χ0n) is 23.4. The molecule has 1 aliphatic carbocycles. The molecule has 0 spiro atoms. The highest BCUT2D eigenvalue weighted by molar-refractivity contribution is 5.95. The zero-order valence-corrected chi connectivity index (χ0v) is 23.4. The maximum absolute atomic E-state index is 13.7. The molecule has 220 valence electrons. The number of amides is 3. The Labute approximate surface area is 233 Å². The summed E-state index contributed by atoms with van der Waals surface area (Å²) < 4.78 is 45.7. The number of nitrogens with zero attached hydrogens (tertiary/aromatic N) is 4. The Morgan fingerprint density at radius 3 is 2.44 bits per heavy atom. The molecule has 2 unspecified atom stereocenters. The minimum atomic E-state index is -5.20. The number of carbonyl (C=O) groups excluding carboxylic acids is 3. The van der Waals surface area contributed by atoms with Crippen molar-refractivity contribution in [2.45, 2.75) is 58.9 Å². The molecule has 0 radical (unpaired) electrons. The molecule has 0 aromatic carbocycles. The molecule has 14 heteroatoms. The van der Waals surface area contributed by atoms with E-state index in [1.54, 1.807) is 17.4 Å². The third kappa shape index (κ3) is 5.32. The van der Waals surface area contributed by atoms with Gasteiger partial charge in [0.05, 0.1) is 18.9 Å². The first-order valence-electron chi connectivity index (χ1n) is 12.9. The number of alkyl halides is 3. The van der Waals surface area contributed by atoms with Crippen LogP contribution in [0.25, 0.3) is 5.65 Å². The van der Waals surface area contributed by atoms with Gasteiger partial charge in [-0.3, -0.25) is 23.6 Å². The number of fused-ring (bicyclic) bond motifs is 2. The molecule has 1 saturated carbocycles. The van der Waals surface area contributed by atoms with Crippen LogP contribution < -0.4 is 20.9 Å². The number of hydrogen-bond acceptors (Lipinski definition) is 7. The Balaban J connectivity index is 1.65. The summed E-state index contributed by atoms with van der Waals surface area (Å²) in [4.78, 5) is 57.4. The topological polar surface area (TPSA) is 146 Å². The van der Waals surface area contributed by atoms with E-state index >= 15 is 0 Å². The van der Waals surface area contributed by atoms with Gasteiger partial charge in [0.1, 0.15) is 12.1 Å². The molecule has 2 aliphatic rings. The van der Waals surface area contributed by atoms with Crippen molar-refractivity contribution in [3.05, 3.63) is 40.4 Å². The number of ether oxygens (including phenoxy) is 1. The monoisotopic (exact) mass is 576 g/mol. The number of aromatic nitrogens is 2. The van der Waals surface area contributed by atoms with Gasteiger partial charge in [0.15, 0.2) is 17.4 Å². The maximum Gasteiger partial charge on any atom is 0.471 e. The Morgan fingerprint density at radius 1 is 1.22 bits per heavy atom. The highest BCUT2D eigenvalue weighted by atomic mass is 19.4. The molecule has 3 amide bonds. The van der Waals surface area contributed by atoms with Crippen LogP contribution in [0.2, 0.25) is 0 Å². The van der Waals surface area contributed by atoms with Crippen molar-refractivity contribution in [3.8, 4) is 11.8 Å². The van der Waals surface area contributed by atoms with E-state index in [9.17, 15) is 37.6 Å². The number of piperidine rings is 1. The van der Waals surface area contributed by atoms with Crippen molar-refractivity contribution in [1.29, 1.82) is 5.26 Å². The second-order valence-electron chi connectivity index (χ2n) is 12.0. The van der Waals surface area contributed by atoms with Crippen LogP contribution in [0, 0.1) is 34.0 Å². The van der Waals surface area contributed by atoms with Gasteiger partial charge in [-0.2, -0.15) is 18.4 Å². The predicted octanol–water partition coefficient (Wildman–Crippen LogP) is 1.96. The number of carbonyl (C=O) groups is 3. The van der Waals surface area contributed by atoms with E-state index < -0.39 is 53.0 Å². The van der Waals surface area contributed by atoms with Crippen molar-refractivity contribution in [3.63, 3.8) is 0 Å². The average Bonchev–Trinajstić information content (AvgIpc) is 3.21. The molecule has 1 aliphatic heterocycles. The Kier molecular flexibility index (Phi) is 7.30. The molecule has 2 fully saturated rings. The smallest absolute Gasteiger partial charge is 0.471 e. The molecular weight excluding hydrogens is 545 g/mol. The Hall–Kier alpha value is -4.15. The minimum Gasteiger partial charge on any atom is -0.493 e. The Bertz CT molecular complexity index is 1510. The van der Waals surface area contributed by atoms with E-state index in [1.165, 1.54) is 43.4 Å². The van der Waals surface area contributed by atoms with Gasteiger partial charge in [0, 0.05) is 18.8 Å². The van der Waals surface area contributed by atoms with E-state index in [2.05, 4.69) is 10.3 Å². The lowest BCUT2D eigenvalue weighted by Gasteiger charge is -2.37. The van der Waals surface area contributed by atoms with E-state index in [-0.39, 0.29) is 40.9 Å². The fraction of sp³-hybridized carbons (Fsp3) is 0.556. The first kappa shape index (κ1) is 29.8. The van der Waals surface area contributed by atoms with Crippen molar-refractivity contribution in [1.82, 2.24) is 24.9 Å². The fourth-order valence-electron chi connectivity index (χ4n) is 5.67. The second kappa shape index (κ2) is 10.0. The van der Waals surface area contributed by atoms with E-state index in [0.717, 1.165) is 6.07 Å². The van der Waals surface area contributed by atoms with Gasteiger partial charge in [-0.25, -0.2) is 4.98 Å². The lowest BCUT2D eigenvalue weighted by molar-refractivity contribution is -0.176.